The minimum atomic E-state index is -3.52. The third kappa shape index (κ3) is 3.52. The second kappa shape index (κ2) is 6.99. The Kier molecular flexibility index (Phi) is 5.52. The number of rotatable bonds is 5. The van der Waals surface area contributed by atoms with E-state index in [1.165, 1.54) is 7.11 Å². The molecule has 2 rings (SSSR count). The molecule has 1 fully saturated rings. The SMILES string of the molecule is CCC1CCN(S(=O)(=O)c2cc(CCl)ccc2OC)CC1. The van der Waals surface area contributed by atoms with Crippen LogP contribution in [0.25, 0.3) is 0 Å². The quantitative estimate of drug-likeness (QED) is 0.778. The summed E-state index contributed by atoms with van der Waals surface area (Å²) in [6.45, 7) is 3.31. The van der Waals surface area contributed by atoms with Crippen LogP contribution in [0.1, 0.15) is 31.7 Å². The first kappa shape index (κ1) is 16.6. The van der Waals surface area contributed by atoms with Gasteiger partial charge in [0, 0.05) is 19.0 Å². The lowest BCUT2D eigenvalue weighted by Gasteiger charge is -2.31. The van der Waals surface area contributed by atoms with Crippen molar-refractivity contribution in [2.24, 2.45) is 5.92 Å². The number of sulfonamides is 1. The summed E-state index contributed by atoms with van der Waals surface area (Å²) in [5.74, 6) is 1.29. The second-order valence-corrected chi connectivity index (χ2v) is 7.55. The van der Waals surface area contributed by atoms with Crippen LogP contribution in [0, 0.1) is 5.92 Å². The molecule has 0 aromatic heterocycles. The van der Waals surface area contributed by atoms with Gasteiger partial charge >= 0.3 is 0 Å². The predicted octanol–water partition coefficient (Wildman–Crippen LogP) is 3.24. The molecular formula is C15H22ClNO3S. The lowest BCUT2D eigenvalue weighted by Crippen LogP contribution is -2.38. The highest BCUT2D eigenvalue weighted by atomic mass is 35.5. The monoisotopic (exact) mass is 331 g/mol. The third-order valence-corrected chi connectivity index (χ3v) is 6.38. The molecule has 0 unspecified atom stereocenters. The Hall–Kier alpha value is -0.780. The van der Waals surface area contributed by atoms with Crippen LogP contribution in [0.2, 0.25) is 0 Å². The molecule has 0 spiro atoms. The van der Waals surface area contributed by atoms with Gasteiger partial charge in [-0.2, -0.15) is 4.31 Å². The van der Waals surface area contributed by atoms with E-state index in [9.17, 15) is 8.42 Å². The summed E-state index contributed by atoms with van der Waals surface area (Å²) in [6.07, 6.45) is 2.96. The van der Waals surface area contributed by atoms with E-state index in [0.29, 0.717) is 24.8 Å². The minimum absolute atomic E-state index is 0.220. The van der Waals surface area contributed by atoms with E-state index in [1.807, 2.05) is 0 Å². The van der Waals surface area contributed by atoms with Crippen LogP contribution >= 0.6 is 11.6 Å². The summed E-state index contributed by atoms with van der Waals surface area (Å²) >= 11 is 5.82. The Labute approximate surface area is 132 Å². The molecule has 1 heterocycles. The van der Waals surface area contributed by atoms with Crippen molar-refractivity contribution >= 4 is 21.6 Å². The van der Waals surface area contributed by atoms with Crippen molar-refractivity contribution < 1.29 is 13.2 Å². The Morgan fingerprint density at radius 1 is 1.33 bits per heavy atom. The molecule has 0 N–H and O–H groups in total. The van der Waals surface area contributed by atoms with Gasteiger partial charge in [-0.3, -0.25) is 0 Å². The van der Waals surface area contributed by atoms with Crippen molar-refractivity contribution in [1.29, 1.82) is 0 Å². The number of piperidine rings is 1. The maximum Gasteiger partial charge on any atom is 0.246 e. The summed E-state index contributed by atoms with van der Waals surface area (Å²) in [4.78, 5) is 0.220. The molecule has 0 aliphatic carbocycles. The molecule has 118 valence electrons. The highest BCUT2D eigenvalue weighted by molar-refractivity contribution is 7.89. The van der Waals surface area contributed by atoms with Gasteiger partial charge in [-0.1, -0.05) is 19.4 Å². The van der Waals surface area contributed by atoms with Crippen molar-refractivity contribution in [3.05, 3.63) is 23.8 Å². The van der Waals surface area contributed by atoms with E-state index in [0.717, 1.165) is 24.8 Å². The Balaban J connectivity index is 2.31. The molecule has 1 aromatic rings. The maximum absolute atomic E-state index is 12.8. The largest absolute Gasteiger partial charge is 0.495 e. The molecule has 6 heteroatoms. The van der Waals surface area contributed by atoms with Gasteiger partial charge in [0.15, 0.2) is 0 Å². The van der Waals surface area contributed by atoms with Crippen LogP contribution in [0.3, 0.4) is 0 Å². The number of nitrogens with zero attached hydrogens (tertiary/aromatic N) is 1. The van der Waals surface area contributed by atoms with Crippen LogP contribution in [-0.2, 0) is 15.9 Å². The average Bonchev–Trinajstić information content (AvgIpc) is 2.54. The summed E-state index contributed by atoms with van der Waals surface area (Å²) < 4.78 is 32.4. The zero-order valence-electron chi connectivity index (χ0n) is 12.5. The van der Waals surface area contributed by atoms with Crippen LogP contribution in [0.5, 0.6) is 5.75 Å². The van der Waals surface area contributed by atoms with Crippen LogP contribution in [0.4, 0.5) is 0 Å². The normalized spacial score (nSPS) is 17.9. The molecule has 0 atom stereocenters. The van der Waals surface area contributed by atoms with Gasteiger partial charge in [-0.05, 0) is 36.5 Å². The number of benzene rings is 1. The predicted molar refractivity (Wildman–Crippen MR) is 84.3 cm³/mol. The Morgan fingerprint density at radius 2 is 2.00 bits per heavy atom. The Morgan fingerprint density at radius 3 is 2.52 bits per heavy atom. The summed E-state index contributed by atoms with van der Waals surface area (Å²) in [6, 6.07) is 5.07. The maximum atomic E-state index is 12.8. The molecule has 1 aliphatic heterocycles. The number of methoxy groups -OCH3 is 1. The number of ether oxygens (including phenoxy) is 1. The number of hydrogen-bond donors (Lipinski definition) is 0. The summed E-state index contributed by atoms with van der Waals surface area (Å²) in [5, 5.41) is 0. The van der Waals surface area contributed by atoms with Crippen LogP contribution in [-0.4, -0.2) is 32.9 Å². The fourth-order valence-corrected chi connectivity index (χ4v) is 4.54. The first-order valence-electron chi connectivity index (χ1n) is 7.26. The summed E-state index contributed by atoms with van der Waals surface area (Å²) in [7, 11) is -2.04. The molecule has 0 bridgehead atoms. The number of halogens is 1. The van der Waals surface area contributed by atoms with Crippen molar-refractivity contribution in [1.82, 2.24) is 4.31 Å². The van der Waals surface area contributed by atoms with E-state index >= 15 is 0 Å². The smallest absolute Gasteiger partial charge is 0.246 e. The van der Waals surface area contributed by atoms with Crippen molar-refractivity contribution in [2.45, 2.75) is 37.0 Å². The fraction of sp³-hybridized carbons (Fsp3) is 0.600. The van der Waals surface area contributed by atoms with Crippen molar-refractivity contribution in [3.8, 4) is 5.75 Å². The van der Waals surface area contributed by atoms with Gasteiger partial charge in [-0.15, -0.1) is 11.6 Å². The highest BCUT2D eigenvalue weighted by Crippen LogP contribution is 2.31. The van der Waals surface area contributed by atoms with Gasteiger partial charge in [0.25, 0.3) is 0 Å². The lowest BCUT2D eigenvalue weighted by molar-refractivity contribution is 0.268. The molecule has 21 heavy (non-hydrogen) atoms. The zero-order chi connectivity index (χ0) is 15.5. The number of hydrogen-bond acceptors (Lipinski definition) is 3. The molecule has 1 saturated heterocycles. The van der Waals surface area contributed by atoms with Gasteiger partial charge in [0.1, 0.15) is 10.6 Å². The van der Waals surface area contributed by atoms with E-state index in [4.69, 9.17) is 16.3 Å². The van der Waals surface area contributed by atoms with Crippen LogP contribution in [0.15, 0.2) is 23.1 Å². The van der Waals surface area contributed by atoms with Gasteiger partial charge in [0.2, 0.25) is 10.0 Å². The fourth-order valence-electron chi connectivity index (χ4n) is 2.70. The first-order chi connectivity index (χ1) is 10.0. The van der Waals surface area contributed by atoms with Crippen molar-refractivity contribution in [3.63, 3.8) is 0 Å². The zero-order valence-corrected chi connectivity index (χ0v) is 14.1. The molecule has 0 radical (unpaired) electrons. The molecule has 0 saturated carbocycles. The minimum Gasteiger partial charge on any atom is -0.495 e. The van der Waals surface area contributed by atoms with Crippen molar-refractivity contribution in [2.75, 3.05) is 20.2 Å². The highest BCUT2D eigenvalue weighted by Gasteiger charge is 2.31. The van der Waals surface area contributed by atoms with E-state index in [-0.39, 0.29) is 10.8 Å². The van der Waals surface area contributed by atoms with Gasteiger partial charge < -0.3 is 4.74 Å². The first-order valence-corrected chi connectivity index (χ1v) is 9.23. The Bertz CT molecular complexity index is 581. The van der Waals surface area contributed by atoms with Gasteiger partial charge in [-0.25, -0.2) is 8.42 Å². The standard InChI is InChI=1S/C15H22ClNO3S/c1-3-12-6-8-17(9-7-12)21(18,19)15-10-13(11-16)4-5-14(15)20-2/h4-5,10,12H,3,6-9,11H2,1-2H3. The number of alkyl halides is 1. The average molecular weight is 332 g/mol. The summed E-state index contributed by atoms with van der Waals surface area (Å²) in [5.41, 5.74) is 0.777. The van der Waals surface area contributed by atoms with Crippen LogP contribution < -0.4 is 4.74 Å². The van der Waals surface area contributed by atoms with E-state index in [2.05, 4.69) is 6.92 Å². The molecular weight excluding hydrogens is 310 g/mol. The molecule has 0 amide bonds. The van der Waals surface area contributed by atoms with E-state index in [1.54, 1.807) is 22.5 Å². The van der Waals surface area contributed by atoms with Gasteiger partial charge in [0.05, 0.1) is 7.11 Å². The topological polar surface area (TPSA) is 46.6 Å². The van der Waals surface area contributed by atoms with E-state index < -0.39 is 10.0 Å². The molecule has 1 aromatic carbocycles. The molecule has 1 aliphatic rings. The second-order valence-electron chi connectivity index (χ2n) is 5.37. The third-order valence-electron chi connectivity index (χ3n) is 4.15. The lowest BCUT2D eigenvalue weighted by atomic mass is 9.96. The molecule has 4 nitrogen and oxygen atoms in total.